The molecule has 0 saturated carbocycles. The number of aryl methyl sites for hydroxylation is 1. The van der Waals surface area contributed by atoms with E-state index in [4.69, 9.17) is 15.2 Å². The molecule has 0 aliphatic heterocycles. The molecule has 0 amide bonds. The van der Waals surface area contributed by atoms with Gasteiger partial charge in [0.15, 0.2) is 5.75 Å². The van der Waals surface area contributed by atoms with Gasteiger partial charge in [-0.2, -0.15) is 0 Å². The molecule has 0 spiro atoms. The summed E-state index contributed by atoms with van der Waals surface area (Å²) >= 11 is 0. The van der Waals surface area contributed by atoms with E-state index in [0.29, 0.717) is 36.9 Å². The van der Waals surface area contributed by atoms with Crippen molar-refractivity contribution in [2.45, 2.75) is 65.8 Å². The van der Waals surface area contributed by atoms with Crippen LogP contribution in [0.2, 0.25) is 0 Å². The van der Waals surface area contributed by atoms with Gasteiger partial charge in [0, 0.05) is 17.6 Å². The average molecular weight is 360 g/mol. The molecule has 0 fully saturated rings. The monoisotopic (exact) mass is 360 g/mol. The third kappa shape index (κ3) is 4.71. The van der Waals surface area contributed by atoms with Crippen LogP contribution in [0.4, 0.5) is 5.69 Å². The summed E-state index contributed by atoms with van der Waals surface area (Å²) in [7, 11) is 0. The lowest BCUT2D eigenvalue weighted by molar-refractivity contribution is 0.258. The zero-order valence-electron chi connectivity index (χ0n) is 16.3. The van der Waals surface area contributed by atoms with Gasteiger partial charge in [0.2, 0.25) is 5.75 Å². The molecular formula is C21H32N2O3. The highest BCUT2D eigenvalue weighted by molar-refractivity contribution is 5.90. The van der Waals surface area contributed by atoms with E-state index in [1.54, 1.807) is 4.57 Å². The SMILES string of the molecule is CCCCCCOc1c(OCCCC)c(=O)n(CC)c2cc(N)ccc12. The smallest absolute Gasteiger partial charge is 0.297 e. The summed E-state index contributed by atoms with van der Waals surface area (Å²) in [4.78, 5) is 13.0. The topological polar surface area (TPSA) is 66.5 Å². The van der Waals surface area contributed by atoms with Crippen molar-refractivity contribution in [2.75, 3.05) is 18.9 Å². The normalized spacial score (nSPS) is 11.0. The molecule has 0 bridgehead atoms. The Morgan fingerprint density at radius 1 is 0.923 bits per heavy atom. The Balaban J connectivity index is 2.45. The molecule has 0 atom stereocenters. The predicted molar refractivity (Wildman–Crippen MR) is 108 cm³/mol. The van der Waals surface area contributed by atoms with Gasteiger partial charge in [-0.1, -0.05) is 39.5 Å². The second kappa shape index (κ2) is 10.1. The summed E-state index contributed by atoms with van der Waals surface area (Å²) < 4.78 is 13.7. The summed E-state index contributed by atoms with van der Waals surface area (Å²) in [5.41, 5.74) is 7.23. The molecule has 1 aromatic carbocycles. The Kier molecular flexibility index (Phi) is 7.82. The van der Waals surface area contributed by atoms with Crippen molar-refractivity contribution in [2.24, 2.45) is 0 Å². The first-order valence-corrected chi connectivity index (χ1v) is 9.85. The highest BCUT2D eigenvalue weighted by atomic mass is 16.5. The molecule has 2 rings (SSSR count). The van der Waals surface area contributed by atoms with Gasteiger partial charge < -0.3 is 19.8 Å². The first kappa shape index (κ1) is 20.1. The van der Waals surface area contributed by atoms with E-state index in [1.165, 1.54) is 12.8 Å². The number of unbranched alkanes of at least 4 members (excludes halogenated alkanes) is 4. The van der Waals surface area contributed by atoms with Crippen molar-refractivity contribution in [3.8, 4) is 11.5 Å². The number of benzene rings is 1. The number of fused-ring (bicyclic) bond motifs is 1. The van der Waals surface area contributed by atoms with Crippen LogP contribution in [0.3, 0.4) is 0 Å². The van der Waals surface area contributed by atoms with Gasteiger partial charge in [-0.15, -0.1) is 0 Å². The Labute approximate surface area is 156 Å². The molecule has 2 aromatic rings. The van der Waals surface area contributed by atoms with Crippen molar-refractivity contribution in [1.29, 1.82) is 0 Å². The number of nitrogens with two attached hydrogens (primary N) is 1. The number of hydrogen-bond donors (Lipinski definition) is 1. The van der Waals surface area contributed by atoms with Gasteiger partial charge in [0.05, 0.1) is 18.7 Å². The molecule has 0 unspecified atom stereocenters. The number of anilines is 1. The van der Waals surface area contributed by atoms with Crippen molar-refractivity contribution in [3.05, 3.63) is 28.6 Å². The highest BCUT2D eigenvalue weighted by Gasteiger charge is 2.19. The van der Waals surface area contributed by atoms with Crippen LogP contribution in [0, 0.1) is 0 Å². The molecule has 0 aliphatic carbocycles. The number of rotatable bonds is 11. The van der Waals surface area contributed by atoms with Crippen molar-refractivity contribution in [3.63, 3.8) is 0 Å². The minimum absolute atomic E-state index is 0.148. The lowest BCUT2D eigenvalue weighted by Crippen LogP contribution is -2.23. The molecule has 144 valence electrons. The number of nitrogens with zero attached hydrogens (tertiary/aromatic N) is 1. The summed E-state index contributed by atoms with van der Waals surface area (Å²) in [6, 6.07) is 5.59. The van der Waals surface area contributed by atoms with Crippen LogP contribution >= 0.6 is 0 Å². The van der Waals surface area contributed by atoms with E-state index in [9.17, 15) is 4.79 Å². The van der Waals surface area contributed by atoms with Crippen LogP contribution in [0.15, 0.2) is 23.0 Å². The van der Waals surface area contributed by atoms with Crippen molar-refractivity contribution < 1.29 is 9.47 Å². The van der Waals surface area contributed by atoms with Gasteiger partial charge in [-0.05, 0) is 38.0 Å². The first-order valence-electron chi connectivity index (χ1n) is 9.85. The molecule has 0 radical (unpaired) electrons. The van der Waals surface area contributed by atoms with Gasteiger partial charge in [0.25, 0.3) is 5.56 Å². The maximum atomic E-state index is 13.0. The fraction of sp³-hybridized carbons (Fsp3) is 0.571. The van der Waals surface area contributed by atoms with Crippen molar-refractivity contribution in [1.82, 2.24) is 4.57 Å². The number of pyridine rings is 1. The maximum absolute atomic E-state index is 13.0. The minimum Gasteiger partial charge on any atom is -0.489 e. The Bertz CT molecular complexity index is 768. The lowest BCUT2D eigenvalue weighted by Gasteiger charge is -2.18. The standard InChI is InChI=1S/C21H32N2O3/c1-4-7-9-10-14-25-19-17-12-11-16(22)15-18(17)23(6-3)21(24)20(19)26-13-8-5-2/h11-12,15H,4-10,13-14,22H2,1-3H3. The van der Waals surface area contributed by atoms with E-state index in [0.717, 1.165) is 36.6 Å². The molecule has 5 heteroatoms. The van der Waals surface area contributed by atoms with E-state index in [2.05, 4.69) is 13.8 Å². The molecule has 5 nitrogen and oxygen atoms in total. The largest absolute Gasteiger partial charge is 0.489 e. The van der Waals surface area contributed by atoms with E-state index in [1.807, 2.05) is 25.1 Å². The number of ether oxygens (including phenoxy) is 2. The van der Waals surface area contributed by atoms with Crippen LogP contribution in [0.5, 0.6) is 11.5 Å². The molecule has 0 saturated heterocycles. The molecule has 2 N–H and O–H groups in total. The Morgan fingerprint density at radius 3 is 2.31 bits per heavy atom. The van der Waals surface area contributed by atoms with Crippen LogP contribution in [-0.4, -0.2) is 17.8 Å². The lowest BCUT2D eigenvalue weighted by atomic mass is 10.1. The quantitative estimate of drug-likeness (QED) is 0.464. The van der Waals surface area contributed by atoms with Crippen LogP contribution in [-0.2, 0) is 6.54 Å². The van der Waals surface area contributed by atoms with E-state index >= 15 is 0 Å². The van der Waals surface area contributed by atoms with Gasteiger partial charge >= 0.3 is 0 Å². The van der Waals surface area contributed by atoms with Crippen molar-refractivity contribution >= 4 is 16.6 Å². The van der Waals surface area contributed by atoms with E-state index < -0.39 is 0 Å². The zero-order valence-corrected chi connectivity index (χ0v) is 16.3. The summed E-state index contributed by atoms with van der Waals surface area (Å²) in [6.07, 6.45) is 6.38. The third-order valence-electron chi connectivity index (χ3n) is 4.51. The maximum Gasteiger partial charge on any atom is 0.297 e. The van der Waals surface area contributed by atoms with Gasteiger partial charge in [-0.3, -0.25) is 4.79 Å². The number of hydrogen-bond acceptors (Lipinski definition) is 4. The zero-order chi connectivity index (χ0) is 18.9. The molecule has 0 aliphatic rings. The summed E-state index contributed by atoms with van der Waals surface area (Å²) in [5.74, 6) is 0.885. The highest BCUT2D eigenvalue weighted by Crippen LogP contribution is 2.34. The first-order chi connectivity index (χ1) is 12.6. The second-order valence-electron chi connectivity index (χ2n) is 6.60. The fourth-order valence-electron chi connectivity index (χ4n) is 3.02. The minimum atomic E-state index is -0.148. The van der Waals surface area contributed by atoms with Crippen LogP contribution < -0.4 is 20.8 Å². The molecule has 26 heavy (non-hydrogen) atoms. The van der Waals surface area contributed by atoms with E-state index in [-0.39, 0.29) is 5.56 Å². The molecule has 1 aromatic heterocycles. The molecular weight excluding hydrogens is 328 g/mol. The summed E-state index contributed by atoms with van der Waals surface area (Å²) in [6.45, 7) is 7.89. The fourth-order valence-corrected chi connectivity index (χ4v) is 3.02. The van der Waals surface area contributed by atoms with Gasteiger partial charge in [0.1, 0.15) is 0 Å². The predicted octanol–water partition coefficient (Wildman–Crippen LogP) is 4.74. The average Bonchev–Trinajstić information content (AvgIpc) is 2.63. The van der Waals surface area contributed by atoms with Crippen LogP contribution in [0.25, 0.3) is 10.9 Å². The summed E-state index contributed by atoms with van der Waals surface area (Å²) in [5, 5.41) is 0.877. The number of aromatic nitrogens is 1. The number of nitrogen functional groups attached to an aromatic ring is 1. The Morgan fingerprint density at radius 2 is 1.62 bits per heavy atom. The third-order valence-corrected chi connectivity index (χ3v) is 4.51. The van der Waals surface area contributed by atoms with Gasteiger partial charge in [-0.25, -0.2) is 0 Å². The molecule has 1 heterocycles. The van der Waals surface area contributed by atoms with Crippen LogP contribution in [0.1, 0.15) is 59.3 Å². The Hall–Kier alpha value is -2.17. The second-order valence-corrected chi connectivity index (χ2v) is 6.60.